The van der Waals surface area contributed by atoms with E-state index in [9.17, 15) is 4.79 Å². The zero-order chi connectivity index (χ0) is 18.4. The topological polar surface area (TPSA) is 48.0 Å². The Morgan fingerprint density at radius 3 is 2.62 bits per heavy atom. The Balaban J connectivity index is 1.65. The van der Waals surface area contributed by atoms with Crippen molar-refractivity contribution in [1.82, 2.24) is 4.90 Å². The molecule has 1 amide bonds. The van der Waals surface area contributed by atoms with Crippen LogP contribution in [-0.2, 0) is 4.79 Å². The number of nitrogens with zero attached hydrogens (tertiary/aromatic N) is 1. The largest absolute Gasteiger partial charge is 0.497 e. The van der Waals surface area contributed by atoms with Crippen molar-refractivity contribution in [2.75, 3.05) is 27.4 Å². The van der Waals surface area contributed by atoms with Crippen molar-refractivity contribution in [1.29, 1.82) is 0 Å². The highest BCUT2D eigenvalue weighted by molar-refractivity contribution is 5.77. The summed E-state index contributed by atoms with van der Waals surface area (Å²) in [5.74, 6) is 2.41. The minimum absolute atomic E-state index is 0.0417. The first-order valence-corrected chi connectivity index (χ1v) is 8.92. The number of likely N-dealkylation sites (tertiary alicyclic amines) is 1. The molecule has 0 aromatic heterocycles. The van der Waals surface area contributed by atoms with E-state index in [2.05, 4.69) is 0 Å². The smallest absolute Gasteiger partial charge is 0.226 e. The summed E-state index contributed by atoms with van der Waals surface area (Å²) in [6.07, 6.45) is 2.29. The molecule has 1 aliphatic rings. The van der Waals surface area contributed by atoms with Crippen LogP contribution in [0.25, 0.3) is 0 Å². The van der Waals surface area contributed by atoms with Crippen LogP contribution in [0, 0.1) is 0 Å². The van der Waals surface area contributed by atoms with E-state index in [1.165, 1.54) is 0 Å². The van der Waals surface area contributed by atoms with Crippen molar-refractivity contribution < 1.29 is 19.0 Å². The summed E-state index contributed by atoms with van der Waals surface area (Å²) in [5, 5.41) is 0. The first kappa shape index (κ1) is 18.1. The fourth-order valence-electron chi connectivity index (χ4n) is 3.40. The molecule has 0 aliphatic carbocycles. The van der Waals surface area contributed by atoms with Crippen LogP contribution in [0.1, 0.15) is 30.9 Å². The van der Waals surface area contributed by atoms with Crippen molar-refractivity contribution in [3.05, 3.63) is 54.1 Å². The highest BCUT2D eigenvalue weighted by Gasteiger charge is 2.31. The van der Waals surface area contributed by atoms with E-state index >= 15 is 0 Å². The van der Waals surface area contributed by atoms with Gasteiger partial charge in [-0.25, -0.2) is 0 Å². The van der Waals surface area contributed by atoms with Crippen LogP contribution in [0.5, 0.6) is 17.2 Å². The molecule has 2 aromatic rings. The molecule has 1 unspecified atom stereocenters. The van der Waals surface area contributed by atoms with Crippen molar-refractivity contribution >= 4 is 5.91 Å². The quantitative estimate of drug-likeness (QED) is 0.757. The van der Waals surface area contributed by atoms with Gasteiger partial charge in [0.25, 0.3) is 0 Å². The summed E-state index contributed by atoms with van der Waals surface area (Å²) in [4.78, 5) is 14.7. The molecule has 1 heterocycles. The first-order chi connectivity index (χ1) is 12.7. The van der Waals surface area contributed by atoms with E-state index in [1.54, 1.807) is 14.2 Å². The minimum atomic E-state index is 0.0417. The Labute approximate surface area is 154 Å². The number of para-hydroxylation sites is 1. The van der Waals surface area contributed by atoms with Crippen molar-refractivity contribution in [3.63, 3.8) is 0 Å². The zero-order valence-corrected chi connectivity index (χ0v) is 15.3. The lowest BCUT2D eigenvalue weighted by Gasteiger charge is -2.26. The molecular formula is C21H25NO4. The molecule has 0 N–H and O–H groups in total. The summed E-state index contributed by atoms with van der Waals surface area (Å²) < 4.78 is 16.5. The van der Waals surface area contributed by atoms with Gasteiger partial charge < -0.3 is 19.1 Å². The van der Waals surface area contributed by atoms with Crippen LogP contribution in [0.3, 0.4) is 0 Å². The first-order valence-electron chi connectivity index (χ1n) is 8.92. The van der Waals surface area contributed by atoms with E-state index in [4.69, 9.17) is 14.2 Å². The average Bonchev–Trinajstić information content (AvgIpc) is 3.18. The number of hydrogen-bond acceptors (Lipinski definition) is 4. The Kier molecular flexibility index (Phi) is 6.00. The van der Waals surface area contributed by atoms with E-state index in [0.717, 1.165) is 42.2 Å². The summed E-state index contributed by atoms with van der Waals surface area (Å²) in [5.41, 5.74) is 1.03. The fraction of sp³-hybridized carbons (Fsp3) is 0.381. The molecule has 1 saturated heterocycles. The molecule has 0 saturated carbocycles. The maximum Gasteiger partial charge on any atom is 0.226 e. The minimum Gasteiger partial charge on any atom is -0.497 e. The third-order valence-corrected chi connectivity index (χ3v) is 4.70. The van der Waals surface area contributed by atoms with Gasteiger partial charge in [-0.3, -0.25) is 4.79 Å². The van der Waals surface area contributed by atoms with Gasteiger partial charge in [-0.2, -0.15) is 0 Å². The molecule has 1 atom stereocenters. The molecule has 2 aromatic carbocycles. The molecule has 5 nitrogen and oxygen atoms in total. The molecule has 26 heavy (non-hydrogen) atoms. The molecule has 0 bridgehead atoms. The monoisotopic (exact) mass is 355 g/mol. The molecular weight excluding hydrogens is 330 g/mol. The van der Waals surface area contributed by atoms with Gasteiger partial charge >= 0.3 is 0 Å². The highest BCUT2D eigenvalue weighted by atomic mass is 16.5. The van der Waals surface area contributed by atoms with E-state index in [1.807, 2.05) is 53.4 Å². The van der Waals surface area contributed by atoms with Crippen LogP contribution in [0.2, 0.25) is 0 Å². The summed E-state index contributed by atoms with van der Waals surface area (Å²) in [6, 6.07) is 15.4. The average molecular weight is 355 g/mol. The molecule has 1 aliphatic heterocycles. The maximum absolute atomic E-state index is 12.7. The van der Waals surface area contributed by atoms with Gasteiger partial charge in [0.2, 0.25) is 5.91 Å². The third-order valence-electron chi connectivity index (χ3n) is 4.70. The second-order valence-corrected chi connectivity index (χ2v) is 6.26. The second kappa shape index (κ2) is 8.61. The lowest BCUT2D eigenvalue weighted by molar-refractivity contribution is -0.132. The molecule has 5 heteroatoms. The van der Waals surface area contributed by atoms with Gasteiger partial charge in [0.15, 0.2) is 0 Å². The van der Waals surface area contributed by atoms with Crippen LogP contribution in [0.4, 0.5) is 0 Å². The molecule has 138 valence electrons. The van der Waals surface area contributed by atoms with E-state index in [-0.39, 0.29) is 11.9 Å². The van der Waals surface area contributed by atoms with E-state index < -0.39 is 0 Å². The Morgan fingerprint density at radius 2 is 1.88 bits per heavy atom. The number of hydrogen-bond donors (Lipinski definition) is 0. The van der Waals surface area contributed by atoms with Crippen molar-refractivity contribution in [3.8, 4) is 17.2 Å². The van der Waals surface area contributed by atoms with Gasteiger partial charge in [-0.15, -0.1) is 0 Å². The normalized spacial score (nSPS) is 16.4. The van der Waals surface area contributed by atoms with Crippen molar-refractivity contribution in [2.24, 2.45) is 0 Å². The maximum atomic E-state index is 12.7. The van der Waals surface area contributed by atoms with Gasteiger partial charge in [-0.1, -0.05) is 18.2 Å². The number of rotatable bonds is 7. The van der Waals surface area contributed by atoms with Crippen LogP contribution < -0.4 is 14.2 Å². The van der Waals surface area contributed by atoms with Gasteiger partial charge in [-0.05, 0) is 37.1 Å². The van der Waals surface area contributed by atoms with Crippen LogP contribution >= 0.6 is 0 Å². The number of amides is 1. The number of benzene rings is 2. The molecule has 0 spiro atoms. The zero-order valence-electron chi connectivity index (χ0n) is 15.3. The Morgan fingerprint density at radius 1 is 1.08 bits per heavy atom. The predicted octanol–water partition coefficient (Wildman–Crippen LogP) is 3.84. The summed E-state index contributed by atoms with van der Waals surface area (Å²) in [7, 11) is 3.28. The standard InChI is InChI=1S/C21H25NO4/c1-24-17-10-11-18(20(15-17)25-2)19-9-6-13-22(19)21(23)12-14-26-16-7-4-3-5-8-16/h3-5,7-8,10-11,15,19H,6,9,12-14H2,1-2H3. The number of methoxy groups -OCH3 is 2. The lowest BCUT2D eigenvalue weighted by Crippen LogP contribution is -2.31. The molecule has 0 radical (unpaired) electrons. The van der Waals surface area contributed by atoms with Gasteiger partial charge in [0, 0.05) is 18.2 Å². The Hall–Kier alpha value is -2.69. The van der Waals surface area contributed by atoms with Crippen molar-refractivity contribution in [2.45, 2.75) is 25.3 Å². The second-order valence-electron chi connectivity index (χ2n) is 6.26. The van der Waals surface area contributed by atoms with E-state index in [0.29, 0.717) is 13.0 Å². The summed E-state index contributed by atoms with van der Waals surface area (Å²) >= 11 is 0. The van der Waals surface area contributed by atoms with Gasteiger partial charge in [0.05, 0.1) is 33.3 Å². The predicted molar refractivity (Wildman–Crippen MR) is 99.8 cm³/mol. The van der Waals surface area contributed by atoms with Crippen LogP contribution in [0.15, 0.2) is 48.5 Å². The summed E-state index contributed by atoms with van der Waals surface area (Å²) in [6.45, 7) is 1.15. The van der Waals surface area contributed by atoms with Gasteiger partial charge in [0.1, 0.15) is 17.2 Å². The number of carbonyl (C=O) groups is 1. The third kappa shape index (κ3) is 4.10. The molecule has 3 rings (SSSR count). The number of carbonyl (C=O) groups excluding carboxylic acids is 1. The highest BCUT2D eigenvalue weighted by Crippen LogP contribution is 2.38. The van der Waals surface area contributed by atoms with Crippen LogP contribution in [-0.4, -0.2) is 38.2 Å². The number of ether oxygens (including phenoxy) is 3. The fourth-order valence-corrected chi connectivity index (χ4v) is 3.40. The Bertz CT molecular complexity index is 732. The molecule has 1 fully saturated rings. The SMILES string of the molecule is COc1ccc(C2CCCN2C(=O)CCOc2ccccc2)c(OC)c1. The lowest BCUT2D eigenvalue weighted by atomic mass is 10.0.